The van der Waals surface area contributed by atoms with E-state index in [1.54, 1.807) is 0 Å². The van der Waals surface area contributed by atoms with Crippen LogP contribution in [-0.4, -0.2) is 36.3 Å². The first-order chi connectivity index (χ1) is 11.2. The van der Waals surface area contributed by atoms with Gasteiger partial charge in [0, 0.05) is 26.1 Å². The third kappa shape index (κ3) is 8.38. The van der Waals surface area contributed by atoms with E-state index in [1.165, 1.54) is 44.9 Å². The number of hydrogen-bond donors (Lipinski definition) is 1. The first-order valence-electron chi connectivity index (χ1n) is 9.74. The molecule has 1 aliphatic rings. The van der Waals surface area contributed by atoms with E-state index < -0.39 is 0 Å². The lowest BCUT2D eigenvalue weighted by atomic mass is 10.1. The summed E-state index contributed by atoms with van der Waals surface area (Å²) in [7, 11) is 0. The third-order valence-corrected chi connectivity index (χ3v) is 4.70. The van der Waals surface area contributed by atoms with Crippen LogP contribution in [0.5, 0.6) is 0 Å². The number of rotatable bonds is 13. The zero-order valence-corrected chi connectivity index (χ0v) is 15.2. The number of carbonyl (C=O) groups excluding carboxylic acids is 2. The molecule has 0 aromatic heterocycles. The van der Waals surface area contributed by atoms with E-state index in [0.717, 1.165) is 32.4 Å². The Bertz CT molecular complexity index is 344. The molecular weight excluding hydrogens is 288 g/mol. The highest BCUT2D eigenvalue weighted by Crippen LogP contribution is 2.19. The molecule has 1 N–H and O–H groups in total. The summed E-state index contributed by atoms with van der Waals surface area (Å²) in [5.74, 6) is 0.0854. The smallest absolute Gasteiger partial charge is 0.225 e. The number of nitrogens with zero attached hydrogens (tertiary/aromatic N) is 1. The summed E-state index contributed by atoms with van der Waals surface area (Å²) in [6, 6.07) is 0. The lowest BCUT2D eigenvalue weighted by Gasteiger charge is -2.16. The molecule has 0 spiro atoms. The van der Waals surface area contributed by atoms with Crippen LogP contribution in [0.2, 0.25) is 0 Å². The molecule has 0 bridgehead atoms. The molecule has 0 aliphatic carbocycles. The molecule has 4 heteroatoms. The molecule has 2 amide bonds. The van der Waals surface area contributed by atoms with Crippen molar-refractivity contribution in [1.29, 1.82) is 0 Å². The van der Waals surface area contributed by atoms with Gasteiger partial charge in [-0.1, -0.05) is 65.2 Å². The third-order valence-electron chi connectivity index (χ3n) is 4.70. The average molecular weight is 325 g/mol. The summed E-state index contributed by atoms with van der Waals surface area (Å²) in [4.78, 5) is 25.9. The van der Waals surface area contributed by atoms with Crippen molar-refractivity contribution < 1.29 is 9.59 Å². The molecule has 134 valence electrons. The Morgan fingerprint density at radius 2 is 1.61 bits per heavy atom. The lowest BCUT2D eigenvalue weighted by Crippen LogP contribution is -2.33. The van der Waals surface area contributed by atoms with Gasteiger partial charge in [0.1, 0.15) is 0 Å². The van der Waals surface area contributed by atoms with Crippen LogP contribution in [0.25, 0.3) is 0 Å². The highest BCUT2D eigenvalue weighted by atomic mass is 16.2. The molecule has 1 unspecified atom stereocenters. The largest absolute Gasteiger partial charge is 0.356 e. The Hall–Kier alpha value is -1.06. The van der Waals surface area contributed by atoms with Crippen LogP contribution in [0, 0.1) is 5.92 Å². The van der Waals surface area contributed by atoms with Gasteiger partial charge >= 0.3 is 0 Å². The Labute approximate surface area is 142 Å². The molecular formula is C19H36N2O2. The summed E-state index contributed by atoms with van der Waals surface area (Å²) in [6.07, 6.45) is 12.7. The van der Waals surface area contributed by atoms with Crippen LogP contribution < -0.4 is 5.32 Å². The van der Waals surface area contributed by atoms with Gasteiger partial charge in [0.15, 0.2) is 0 Å². The van der Waals surface area contributed by atoms with E-state index in [4.69, 9.17) is 0 Å². The van der Waals surface area contributed by atoms with E-state index in [1.807, 2.05) is 4.90 Å². The van der Waals surface area contributed by atoms with Crippen molar-refractivity contribution in [2.24, 2.45) is 5.92 Å². The quantitative estimate of drug-likeness (QED) is 0.522. The minimum Gasteiger partial charge on any atom is -0.356 e. The second-order valence-electron chi connectivity index (χ2n) is 6.86. The predicted octanol–water partition coefficient (Wildman–Crippen LogP) is 3.89. The first-order valence-corrected chi connectivity index (χ1v) is 9.74. The highest BCUT2D eigenvalue weighted by Gasteiger charge is 2.33. The van der Waals surface area contributed by atoms with Crippen molar-refractivity contribution in [3.63, 3.8) is 0 Å². The summed E-state index contributed by atoms with van der Waals surface area (Å²) < 4.78 is 0. The standard InChI is InChI=1S/C19H36N2O2/c1-3-5-7-8-9-10-11-12-14-21-16-17(15-18(21)22)19(23)20-13-6-4-2/h17H,3-16H2,1-2H3,(H,20,23). The van der Waals surface area contributed by atoms with Gasteiger partial charge in [0.25, 0.3) is 0 Å². The zero-order valence-electron chi connectivity index (χ0n) is 15.2. The van der Waals surface area contributed by atoms with Crippen molar-refractivity contribution in [1.82, 2.24) is 10.2 Å². The molecule has 0 saturated carbocycles. The van der Waals surface area contributed by atoms with Gasteiger partial charge in [-0.25, -0.2) is 0 Å². The van der Waals surface area contributed by atoms with E-state index in [2.05, 4.69) is 19.2 Å². The first kappa shape index (κ1) is 20.0. The normalized spacial score (nSPS) is 17.7. The topological polar surface area (TPSA) is 49.4 Å². The summed E-state index contributed by atoms with van der Waals surface area (Å²) >= 11 is 0. The number of hydrogen-bond acceptors (Lipinski definition) is 2. The number of unbranched alkanes of at least 4 members (excludes halogenated alkanes) is 8. The number of amides is 2. The molecule has 0 aromatic rings. The van der Waals surface area contributed by atoms with Crippen molar-refractivity contribution >= 4 is 11.8 Å². The van der Waals surface area contributed by atoms with Gasteiger partial charge in [0.05, 0.1) is 5.92 Å². The van der Waals surface area contributed by atoms with Crippen molar-refractivity contribution in [3.8, 4) is 0 Å². The number of nitrogens with one attached hydrogen (secondary N) is 1. The fourth-order valence-electron chi connectivity index (χ4n) is 3.13. The molecule has 0 radical (unpaired) electrons. The molecule has 23 heavy (non-hydrogen) atoms. The van der Waals surface area contributed by atoms with Gasteiger partial charge in [0.2, 0.25) is 11.8 Å². The monoisotopic (exact) mass is 324 g/mol. The van der Waals surface area contributed by atoms with Crippen LogP contribution in [-0.2, 0) is 9.59 Å². The summed E-state index contributed by atoms with van der Waals surface area (Å²) in [5.41, 5.74) is 0. The minimum atomic E-state index is -0.131. The van der Waals surface area contributed by atoms with Crippen molar-refractivity contribution in [3.05, 3.63) is 0 Å². The van der Waals surface area contributed by atoms with Crippen LogP contribution >= 0.6 is 0 Å². The van der Waals surface area contributed by atoms with Crippen LogP contribution in [0.15, 0.2) is 0 Å². The maximum Gasteiger partial charge on any atom is 0.225 e. The van der Waals surface area contributed by atoms with E-state index in [-0.39, 0.29) is 17.7 Å². The molecule has 0 aromatic carbocycles. The Balaban J connectivity index is 2.09. The SMILES string of the molecule is CCCCCCCCCCN1CC(C(=O)NCCCC)CC1=O. The van der Waals surface area contributed by atoms with E-state index >= 15 is 0 Å². The Kier molecular flexibility index (Phi) is 10.8. The Morgan fingerprint density at radius 3 is 2.26 bits per heavy atom. The summed E-state index contributed by atoms with van der Waals surface area (Å²) in [5, 5.41) is 2.95. The lowest BCUT2D eigenvalue weighted by molar-refractivity contribution is -0.129. The molecule has 1 rings (SSSR count). The second-order valence-corrected chi connectivity index (χ2v) is 6.86. The zero-order chi connectivity index (χ0) is 16.9. The molecule has 1 saturated heterocycles. The molecule has 4 nitrogen and oxygen atoms in total. The van der Waals surface area contributed by atoms with Gasteiger partial charge in [-0.3, -0.25) is 9.59 Å². The van der Waals surface area contributed by atoms with Gasteiger partial charge < -0.3 is 10.2 Å². The fourth-order valence-corrected chi connectivity index (χ4v) is 3.13. The molecule has 1 atom stereocenters. The summed E-state index contributed by atoms with van der Waals surface area (Å²) in [6.45, 7) is 6.53. The van der Waals surface area contributed by atoms with Crippen LogP contribution in [0.4, 0.5) is 0 Å². The maximum absolute atomic E-state index is 12.0. The van der Waals surface area contributed by atoms with Gasteiger partial charge in [-0.05, 0) is 12.8 Å². The molecule has 1 aliphatic heterocycles. The number of carbonyl (C=O) groups is 2. The van der Waals surface area contributed by atoms with Crippen molar-refractivity contribution in [2.45, 2.75) is 84.5 Å². The van der Waals surface area contributed by atoms with Crippen LogP contribution in [0.1, 0.15) is 84.5 Å². The van der Waals surface area contributed by atoms with Gasteiger partial charge in [-0.15, -0.1) is 0 Å². The number of likely N-dealkylation sites (tertiary alicyclic amines) is 1. The molecule has 1 fully saturated rings. The van der Waals surface area contributed by atoms with E-state index in [9.17, 15) is 9.59 Å². The molecule has 1 heterocycles. The van der Waals surface area contributed by atoms with Gasteiger partial charge in [-0.2, -0.15) is 0 Å². The van der Waals surface area contributed by atoms with E-state index in [0.29, 0.717) is 13.0 Å². The highest BCUT2D eigenvalue weighted by molar-refractivity contribution is 5.89. The predicted molar refractivity (Wildman–Crippen MR) is 95.2 cm³/mol. The average Bonchev–Trinajstić information content (AvgIpc) is 2.91. The Morgan fingerprint density at radius 1 is 1.00 bits per heavy atom. The fraction of sp³-hybridized carbons (Fsp3) is 0.895. The van der Waals surface area contributed by atoms with Crippen molar-refractivity contribution in [2.75, 3.05) is 19.6 Å². The maximum atomic E-state index is 12.0. The van der Waals surface area contributed by atoms with Crippen LogP contribution in [0.3, 0.4) is 0 Å². The minimum absolute atomic E-state index is 0.0604. The second kappa shape index (κ2) is 12.4.